The molecule has 2 amide bonds. The number of anilines is 1. The summed E-state index contributed by atoms with van der Waals surface area (Å²) in [5.41, 5.74) is 3.16. The van der Waals surface area contributed by atoms with E-state index in [0.29, 0.717) is 24.9 Å². The fraction of sp³-hybridized carbons (Fsp3) is 0.417. The molecule has 0 atom stereocenters. The first-order valence-electron chi connectivity index (χ1n) is 11.1. The minimum absolute atomic E-state index is 0.0646. The molecule has 0 radical (unpaired) electrons. The van der Waals surface area contributed by atoms with E-state index in [4.69, 9.17) is 9.47 Å². The number of likely N-dealkylation sites (tertiary alicyclic amines) is 1. The van der Waals surface area contributed by atoms with E-state index in [1.807, 2.05) is 35.4 Å². The molecular formula is C24H28N4O3. The summed E-state index contributed by atoms with van der Waals surface area (Å²) < 4.78 is 13.4. The monoisotopic (exact) mass is 420 g/mol. The molecule has 0 bridgehead atoms. The van der Waals surface area contributed by atoms with Crippen LogP contribution in [0.5, 0.6) is 11.5 Å². The lowest BCUT2D eigenvalue weighted by Crippen LogP contribution is -2.40. The van der Waals surface area contributed by atoms with Gasteiger partial charge in [0.15, 0.2) is 11.5 Å². The maximum absolute atomic E-state index is 12.8. The number of hydrogen-bond acceptors (Lipinski definition) is 4. The number of ether oxygens (including phenoxy) is 2. The Labute approximate surface area is 182 Å². The number of nitrogens with one attached hydrogen (secondary N) is 1. The van der Waals surface area contributed by atoms with Gasteiger partial charge in [-0.3, -0.25) is 0 Å². The van der Waals surface area contributed by atoms with Gasteiger partial charge in [0.05, 0.1) is 0 Å². The zero-order valence-corrected chi connectivity index (χ0v) is 17.8. The Morgan fingerprint density at radius 1 is 1.16 bits per heavy atom. The van der Waals surface area contributed by atoms with Crippen molar-refractivity contribution in [1.82, 2.24) is 14.5 Å². The summed E-state index contributed by atoms with van der Waals surface area (Å²) in [6.45, 7) is 5.73. The predicted octanol–water partition coefficient (Wildman–Crippen LogP) is 4.63. The van der Waals surface area contributed by atoms with Gasteiger partial charge in [0, 0.05) is 49.2 Å². The van der Waals surface area contributed by atoms with Crippen molar-refractivity contribution >= 4 is 22.8 Å². The zero-order chi connectivity index (χ0) is 21.2. The molecule has 31 heavy (non-hydrogen) atoms. The van der Waals surface area contributed by atoms with E-state index in [-0.39, 0.29) is 6.03 Å². The fourth-order valence-electron chi connectivity index (χ4n) is 4.60. The number of aryl methyl sites for hydroxylation is 1. The summed E-state index contributed by atoms with van der Waals surface area (Å²) in [4.78, 5) is 19.3. The van der Waals surface area contributed by atoms with Crippen LogP contribution >= 0.6 is 0 Å². The van der Waals surface area contributed by atoms with Crippen molar-refractivity contribution in [1.29, 1.82) is 0 Å². The van der Waals surface area contributed by atoms with Gasteiger partial charge in [-0.15, -0.1) is 0 Å². The van der Waals surface area contributed by atoms with E-state index >= 15 is 0 Å². The first-order valence-corrected chi connectivity index (χ1v) is 11.1. The molecule has 0 spiro atoms. The fourth-order valence-corrected chi connectivity index (χ4v) is 4.60. The van der Waals surface area contributed by atoms with Crippen LogP contribution < -0.4 is 14.8 Å². The van der Waals surface area contributed by atoms with Crippen LogP contribution in [0, 0.1) is 0 Å². The Balaban J connectivity index is 1.24. The number of amides is 2. The van der Waals surface area contributed by atoms with Gasteiger partial charge in [-0.25, -0.2) is 9.78 Å². The Kier molecular flexibility index (Phi) is 5.40. The molecule has 7 nitrogen and oxygen atoms in total. The second-order valence-electron chi connectivity index (χ2n) is 8.20. The van der Waals surface area contributed by atoms with Crippen LogP contribution in [-0.2, 0) is 6.54 Å². The number of piperidine rings is 1. The number of carbonyl (C=O) groups is 1. The molecule has 162 valence electrons. The van der Waals surface area contributed by atoms with Gasteiger partial charge in [-0.2, -0.15) is 0 Å². The molecule has 1 N–H and O–H groups in total. The zero-order valence-electron chi connectivity index (χ0n) is 17.8. The summed E-state index contributed by atoms with van der Waals surface area (Å²) in [5, 5.41) is 4.25. The maximum Gasteiger partial charge on any atom is 0.321 e. The minimum atomic E-state index is -0.0646. The lowest BCUT2D eigenvalue weighted by molar-refractivity contribution is 0.171. The first kappa shape index (κ1) is 19.7. The third-order valence-corrected chi connectivity index (χ3v) is 6.14. The van der Waals surface area contributed by atoms with Crippen LogP contribution in [0.3, 0.4) is 0 Å². The van der Waals surface area contributed by atoms with E-state index < -0.39 is 0 Å². The van der Waals surface area contributed by atoms with E-state index in [2.05, 4.69) is 34.1 Å². The number of nitrogens with zero attached hydrogens (tertiary/aromatic N) is 3. The SMILES string of the molecule is CCCn1cc(C2CCN(C(=O)Nc3ccc4c(c3)OCCO4)CC2)c2cccnc21. The number of fused-ring (bicyclic) bond motifs is 2. The van der Waals surface area contributed by atoms with E-state index in [1.165, 1.54) is 10.9 Å². The van der Waals surface area contributed by atoms with Crippen molar-refractivity contribution in [2.45, 2.75) is 38.6 Å². The van der Waals surface area contributed by atoms with Crippen LogP contribution in [0.25, 0.3) is 11.0 Å². The molecule has 4 heterocycles. The van der Waals surface area contributed by atoms with Gasteiger partial charge in [0.1, 0.15) is 18.9 Å². The standard InChI is InChI=1S/C24H28N4O3/c1-2-10-28-16-20(19-4-3-9-25-23(19)28)17-7-11-27(12-8-17)24(29)26-18-5-6-21-22(15-18)31-14-13-30-21/h3-6,9,15-17H,2,7-8,10-14H2,1H3,(H,26,29). The number of pyridine rings is 1. The highest BCUT2D eigenvalue weighted by Gasteiger charge is 2.26. The van der Waals surface area contributed by atoms with Crippen molar-refractivity contribution in [3.63, 3.8) is 0 Å². The number of carbonyl (C=O) groups excluding carboxylic acids is 1. The molecule has 3 aromatic rings. The van der Waals surface area contributed by atoms with Gasteiger partial charge in [0.25, 0.3) is 0 Å². The Morgan fingerprint density at radius 3 is 2.77 bits per heavy atom. The molecular weight excluding hydrogens is 392 g/mol. The third-order valence-electron chi connectivity index (χ3n) is 6.14. The van der Waals surface area contributed by atoms with Gasteiger partial charge >= 0.3 is 6.03 Å². The normalized spacial score (nSPS) is 16.5. The van der Waals surface area contributed by atoms with Crippen molar-refractivity contribution in [2.24, 2.45) is 0 Å². The number of aromatic nitrogens is 2. The highest BCUT2D eigenvalue weighted by Crippen LogP contribution is 2.35. The molecule has 1 aromatic carbocycles. The van der Waals surface area contributed by atoms with E-state index in [9.17, 15) is 4.79 Å². The summed E-state index contributed by atoms with van der Waals surface area (Å²) in [6, 6.07) is 9.65. The van der Waals surface area contributed by atoms with Crippen LogP contribution in [0.1, 0.15) is 37.7 Å². The second-order valence-corrected chi connectivity index (χ2v) is 8.20. The third kappa shape index (κ3) is 3.92. The van der Waals surface area contributed by atoms with Crippen molar-refractivity contribution in [3.8, 4) is 11.5 Å². The van der Waals surface area contributed by atoms with Gasteiger partial charge in [-0.05, 0) is 55.0 Å². The van der Waals surface area contributed by atoms with Crippen LogP contribution in [0.15, 0.2) is 42.7 Å². The topological polar surface area (TPSA) is 68.6 Å². The van der Waals surface area contributed by atoms with Crippen LogP contribution in [0.4, 0.5) is 10.5 Å². The quantitative estimate of drug-likeness (QED) is 0.668. The summed E-state index contributed by atoms with van der Waals surface area (Å²) in [6.07, 6.45) is 7.13. The van der Waals surface area contributed by atoms with E-state index in [0.717, 1.165) is 56.0 Å². The van der Waals surface area contributed by atoms with Crippen molar-refractivity contribution in [3.05, 3.63) is 48.3 Å². The minimum Gasteiger partial charge on any atom is -0.486 e. The van der Waals surface area contributed by atoms with Crippen LogP contribution in [-0.4, -0.2) is 46.8 Å². The summed E-state index contributed by atoms with van der Waals surface area (Å²) in [5.74, 6) is 1.85. The first-order chi connectivity index (χ1) is 15.2. The van der Waals surface area contributed by atoms with E-state index in [1.54, 1.807) is 0 Å². The van der Waals surface area contributed by atoms with Crippen LogP contribution in [0.2, 0.25) is 0 Å². The molecule has 0 saturated carbocycles. The lowest BCUT2D eigenvalue weighted by atomic mass is 9.89. The molecule has 5 rings (SSSR count). The molecule has 0 unspecified atom stereocenters. The molecule has 2 aromatic heterocycles. The average Bonchev–Trinajstić information content (AvgIpc) is 3.18. The Bertz CT molecular complexity index is 1090. The smallest absolute Gasteiger partial charge is 0.321 e. The lowest BCUT2D eigenvalue weighted by Gasteiger charge is -2.32. The van der Waals surface area contributed by atoms with Gasteiger partial charge in [-0.1, -0.05) is 6.92 Å². The highest BCUT2D eigenvalue weighted by atomic mass is 16.6. The van der Waals surface area contributed by atoms with Gasteiger partial charge < -0.3 is 24.3 Å². The predicted molar refractivity (Wildman–Crippen MR) is 120 cm³/mol. The molecule has 0 aliphatic carbocycles. The molecule has 1 fully saturated rings. The highest BCUT2D eigenvalue weighted by molar-refractivity contribution is 5.90. The number of hydrogen-bond donors (Lipinski definition) is 1. The van der Waals surface area contributed by atoms with Crippen molar-refractivity contribution in [2.75, 3.05) is 31.6 Å². The Morgan fingerprint density at radius 2 is 1.97 bits per heavy atom. The number of benzene rings is 1. The average molecular weight is 421 g/mol. The Hall–Kier alpha value is -3.22. The molecule has 2 aliphatic heterocycles. The molecule has 7 heteroatoms. The molecule has 2 aliphatic rings. The number of rotatable bonds is 4. The second kappa shape index (κ2) is 8.49. The maximum atomic E-state index is 12.8. The molecule has 1 saturated heterocycles. The number of urea groups is 1. The summed E-state index contributed by atoms with van der Waals surface area (Å²) >= 11 is 0. The summed E-state index contributed by atoms with van der Waals surface area (Å²) in [7, 11) is 0. The van der Waals surface area contributed by atoms with Gasteiger partial charge in [0.2, 0.25) is 0 Å². The largest absolute Gasteiger partial charge is 0.486 e. The van der Waals surface area contributed by atoms with Crippen molar-refractivity contribution < 1.29 is 14.3 Å².